The smallest absolute Gasteiger partial charge is 0.337 e. The molecule has 3 aromatic rings. The third-order valence-electron chi connectivity index (χ3n) is 3.60. The Kier molecular flexibility index (Phi) is 5.77. The van der Waals surface area contributed by atoms with Crippen LogP contribution in [-0.4, -0.2) is 39.3 Å². The van der Waals surface area contributed by atoms with E-state index in [1.807, 2.05) is 0 Å². The van der Waals surface area contributed by atoms with Crippen LogP contribution >= 0.6 is 11.6 Å². The number of hydrogen-bond acceptors (Lipinski definition) is 7. The van der Waals surface area contributed by atoms with Crippen molar-refractivity contribution in [1.82, 2.24) is 20.2 Å². The molecule has 1 heterocycles. The number of aromatic nitrogens is 4. The van der Waals surface area contributed by atoms with Gasteiger partial charge in [-0.2, -0.15) is 4.80 Å². The number of halogens is 1. The van der Waals surface area contributed by atoms with E-state index in [4.69, 9.17) is 16.3 Å². The second-order valence-electron chi connectivity index (χ2n) is 5.50. The summed E-state index contributed by atoms with van der Waals surface area (Å²) >= 11 is 5.84. The van der Waals surface area contributed by atoms with Gasteiger partial charge < -0.3 is 9.47 Å². The maximum absolute atomic E-state index is 12.0. The number of rotatable bonds is 6. The highest BCUT2D eigenvalue weighted by Gasteiger charge is 2.11. The Hall–Kier alpha value is -3.26. The molecule has 0 spiro atoms. The summed E-state index contributed by atoms with van der Waals surface area (Å²) < 4.78 is 9.82. The Labute approximate surface area is 159 Å². The number of ether oxygens (including phenoxy) is 2. The first-order chi connectivity index (χ1) is 13.0. The van der Waals surface area contributed by atoms with Crippen molar-refractivity contribution >= 4 is 23.5 Å². The summed E-state index contributed by atoms with van der Waals surface area (Å²) in [7, 11) is 1.31. The maximum atomic E-state index is 12.0. The highest BCUT2D eigenvalue weighted by molar-refractivity contribution is 6.30. The molecule has 0 saturated carbocycles. The number of esters is 2. The Morgan fingerprint density at radius 2 is 1.78 bits per heavy atom. The van der Waals surface area contributed by atoms with Gasteiger partial charge >= 0.3 is 11.9 Å². The Bertz CT molecular complexity index is 939. The third kappa shape index (κ3) is 4.89. The summed E-state index contributed by atoms with van der Waals surface area (Å²) in [5.41, 5.74) is 1.91. The van der Waals surface area contributed by atoms with Crippen molar-refractivity contribution in [3.05, 3.63) is 64.7 Å². The Balaban J connectivity index is 1.54. The van der Waals surface area contributed by atoms with E-state index in [0.29, 0.717) is 16.4 Å². The lowest BCUT2D eigenvalue weighted by Gasteiger charge is -2.05. The number of carbonyl (C=O) groups is 2. The molecule has 8 nitrogen and oxygen atoms in total. The fraction of sp³-hybridized carbons (Fsp3) is 0.167. The highest BCUT2D eigenvalue weighted by Crippen LogP contribution is 2.17. The molecular weight excluding hydrogens is 372 g/mol. The van der Waals surface area contributed by atoms with E-state index in [1.54, 1.807) is 48.5 Å². The summed E-state index contributed by atoms with van der Waals surface area (Å²) in [6.07, 6.45) is 0. The maximum Gasteiger partial charge on any atom is 0.337 e. The van der Waals surface area contributed by atoms with Gasteiger partial charge in [-0.25, -0.2) is 9.59 Å². The fourth-order valence-electron chi connectivity index (χ4n) is 2.20. The van der Waals surface area contributed by atoms with E-state index in [-0.39, 0.29) is 13.2 Å². The number of benzene rings is 2. The van der Waals surface area contributed by atoms with Gasteiger partial charge in [-0.1, -0.05) is 23.7 Å². The van der Waals surface area contributed by atoms with Gasteiger partial charge in [0.05, 0.1) is 12.7 Å². The van der Waals surface area contributed by atoms with Crippen LogP contribution in [0.2, 0.25) is 5.02 Å². The van der Waals surface area contributed by atoms with E-state index in [2.05, 4.69) is 20.1 Å². The van der Waals surface area contributed by atoms with Crippen LogP contribution in [0.15, 0.2) is 48.5 Å². The van der Waals surface area contributed by atoms with Crippen LogP contribution in [-0.2, 0) is 27.4 Å². The topological polar surface area (TPSA) is 96.2 Å². The van der Waals surface area contributed by atoms with E-state index >= 15 is 0 Å². The summed E-state index contributed by atoms with van der Waals surface area (Å²) in [5, 5.41) is 12.5. The third-order valence-corrected chi connectivity index (χ3v) is 3.85. The first-order valence-electron chi connectivity index (χ1n) is 7.92. The lowest BCUT2D eigenvalue weighted by molar-refractivity contribution is -0.146. The average Bonchev–Trinajstić information content (AvgIpc) is 3.15. The van der Waals surface area contributed by atoms with Gasteiger partial charge in [0.25, 0.3) is 0 Å². The zero-order valence-corrected chi connectivity index (χ0v) is 15.1. The predicted molar refractivity (Wildman–Crippen MR) is 95.8 cm³/mol. The minimum absolute atomic E-state index is 0.0685. The molecule has 3 rings (SSSR count). The van der Waals surface area contributed by atoms with Gasteiger partial charge in [0.15, 0.2) is 6.54 Å². The number of nitrogens with zero attached hydrogens (tertiary/aromatic N) is 4. The van der Waals surface area contributed by atoms with Gasteiger partial charge in [0.2, 0.25) is 5.82 Å². The first-order valence-corrected chi connectivity index (χ1v) is 8.29. The van der Waals surface area contributed by atoms with Crippen LogP contribution in [0, 0.1) is 0 Å². The van der Waals surface area contributed by atoms with Crippen molar-refractivity contribution in [2.75, 3.05) is 7.11 Å². The molecule has 27 heavy (non-hydrogen) atoms. The second-order valence-corrected chi connectivity index (χ2v) is 5.94. The lowest BCUT2D eigenvalue weighted by atomic mass is 10.1. The van der Waals surface area contributed by atoms with Crippen LogP contribution in [0.4, 0.5) is 0 Å². The Morgan fingerprint density at radius 3 is 2.44 bits per heavy atom. The minimum Gasteiger partial charge on any atom is -0.465 e. The number of carbonyl (C=O) groups excluding carboxylic acids is 2. The molecule has 0 atom stereocenters. The zero-order chi connectivity index (χ0) is 19.2. The summed E-state index contributed by atoms with van der Waals surface area (Å²) in [4.78, 5) is 24.5. The van der Waals surface area contributed by atoms with Gasteiger partial charge in [0, 0.05) is 10.6 Å². The van der Waals surface area contributed by atoms with E-state index in [9.17, 15) is 9.59 Å². The molecule has 0 aliphatic heterocycles. The lowest BCUT2D eigenvalue weighted by Crippen LogP contribution is -2.15. The monoisotopic (exact) mass is 386 g/mol. The molecule has 0 aliphatic carbocycles. The van der Waals surface area contributed by atoms with Crippen molar-refractivity contribution in [2.24, 2.45) is 0 Å². The molecular formula is C18H15ClN4O4. The number of tetrazole rings is 1. The van der Waals surface area contributed by atoms with Crippen molar-refractivity contribution in [2.45, 2.75) is 13.2 Å². The molecule has 2 aromatic carbocycles. The molecule has 0 aliphatic rings. The van der Waals surface area contributed by atoms with E-state index in [0.717, 1.165) is 15.9 Å². The normalized spacial score (nSPS) is 10.4. The van der Waals surface area contributed by atoms with Gasteiger partial charge in [-0.05, 0) is 47.2 Å². The van der Waals surface area contributed by atoms with Crippen LogP contribution in [0.25, 0.3) is 11.4 Å². The standard InChI is InChI=1S/C18H15ClN4O4/c1-26-18(25)14-4-2-12(3-5-14)11-27-16(24)10-23-21-17(20-22-23)13-6-8-15(19)9-7-13/h2-9H,10-11H2,1H3. The number of hydrogen-bond donors (Lipinski definition) is 0. The molecule has 0 radical (unpaired) electrons. The molecule has 0 saturated heterocycles. The molecule has 0 N–H and O–H groups in total. The zero-order valence-electron chi connectivity index (χ0n) is 14.3. The number of methoxy groups -OCH3 is 1. The molecule has 9 heteroatoms. The minimum atomic E-state index is -0.507. The molecule has 0 amide bonds. The van der Waals surface area contributed by atoms with Crippen molar-refractivity contribution in [1.29, 1.82) is 0 Å². The molecule has 1 aromatic heterocycles. The molecule has 0 unspecified atom stereocenters. The molecule has 138 valence electrons. The summed E-state index contributed by atoms with van der Waals surface area (Å²) in [6, 6.07) is 13.5. The van der Waals surface area contributed by atoms with E-state index in [1.165, 1.54) is 7.11 Å². The van der Waals surface area contributed by atoms with Crippen molar-refractivity contribution < 1.29 is 19.1 Å². The first kappa shape index (κ1) is 18.5. The molecule has 0 fully saturated rings. The van der Waals surface area contributed by atoms with Crippen LogP contribution in [0.3, 0.4) is 0 Å². The quantitative estimate of drug-likeness (QED) is 0.600. The van der Waals surface area contributed by atoms with Gasteiger partial charge in [-0.15, -0.1) is 10.2 Å². The van der Waals surface area contributed by atoms with Gasteiger partial charge in [0.1, 0.15) is 6.61 Å². The Morgan fingerprint density at radius 1 is 1.07 bits per heavy atom. The highest BCUT2D eigenvalue weighted by atomic mass is 35.5. The van der Waals surface area contributed by atoms with Crippen molar-refractivity contribution in [3.63, 3.8) is 0 Å². The van der Waals surface area contributed by atoms with Crippen LogP contribution < -0.4 is 0 Å². The molecule has 0 bridgehead atoms. The van der Waals surface area contributed by atoms with Crippen LogP contribution in [0.1, 0.15) is 15.9 Å². The second kappa shape index (κ2) is 8.41. The fourth-order valence-corrected chi connectivity index (χ4v) is 2.33. The summed E-state index contributed by atoms with van der Waals surface area (Å²) in [5.74, 6) is -0.544. The largest absolute Gasteiger partial charge is 0.465 e. The van der Waals surface area contributed by atoms with E-state index < -0.39 is 11.9 Å². The summed E-state index contributed by atoms with van der Waals surface area (Å²) in [6.45, 7) is -0.0974. The SMILES string of the molecule is COC(=O)c1ccc(COC(=O)Cn2nnc(-c3ccc(Cl)cc3)n2)cc1. The van der Waals surface area contributed by atoms with Crippen molar-refractivity contribution in [3.8, 4) is 11.4 Å². The van der Waals surface area contributed by atoms with Gasteiger partial charge in [-0.3, -0.25) is 0 Å². The average molecular weight is 387 g/mol. The predicted octanol–water partition coefficient (Wildman–Crippen LogP) is 2.52. The van der Waals surface area contributed by atoms with Crippen LogP contribution in [0.5, 0.6) is 0 Å².